The van der Waals surface area contributed by atoms with E-state index in [-0.39, 0.29) is 22.6 Å². The highest BCUT2D eigenvalue weighted by Gasteiger charge is 2.27. The third kappa shape index (κ3) is 6.41. The zero-order valence-corrected chi connectivity index (χ0v) is 19.6. The summed E-state index contributed by atoms with van der Waals surface area (Å²) in [6.45, 7) is 9.64. The van der Waals surface area contributed by atoms with Gasteiger partial charge in [-0.1, -0.05) is 0 Å². The van der Waals surface area contributed by atoms with E-state index in [0.717, 1.165) is 52.1 Å². The van der Waals surface area contributed by atoms with Crippen LogP contribution in [-0.4, -0.2) is 83.2 Å². The fraction of sp³-hybridized carbons (Fsp3) is 0.682. The number of nitrogens with zero attached hydrogens (tertiary/aromatic N) is 2. The topological polar surface area (TPSA) is 88.2 Å². The van der Waals surface area contributed by atoms with E-state index in [1.807, 2.05) is 4.90 Å². The molecular weight excluding hydrogens is 418 g/mol. The minimum absolute atomic E-state index is 0.00468. The molecule has 174 valence electrons. The van der Waals surface area contributed by atoms with Crippen molar-refractivity contribution in [1.29, 1.82) is 0 Å². The number of hydrogen-bond donors (Lipinski definition) is 1. The molecule has 3 rings (SSSR count). The highest BCUT2D eigenvalue weighted by molar-refractivity contribution is 7.89. The maximum atomic E-state index is 13.1. The molecule has 2 saturated heterocycles. The number of carbonyl (C=O) groups excluding carboxylic acids is 1. The lowest BCUT2D eigenvalue weighted by Gasteiger charge is -2.34. The van der Waals surface area contributed by atoms with E-state index in [2.05, 4.69) is 9.62 Å². The molecule has 0 aliphatic carbocycles. The summed E-state index contributed by atoms with van der Waals surface area (Å²) in [7, 11) is -2.35. The van der Waals surface area contributed by atoms with Crippen molar-refractivity contribution in [3.63, 3.8) is 0 Å². The number of likely N-dealkylation sites (tertiary alicyclic amines) is 1. The van der Waals surface area contributed by atoms with Gasteiger partial charge < -0.3 is 14.4 Å². The summed E-state index contributed by atoms with van der Waals surface area (Å²) in [5.74, 6) is 0.718. The van der Waals surface area contributed by atoms with Gasteiger partial charge in [0.1, 0.15) is 10.6 Å². The first-order valence-corrected chi connectivity index (χ1v) is 12.6. The molecule has 1 amide bonds. The number of ether oxygens (including phenoxy) is 2. The van der Waals surface area contributed by atoms with Crippen molar-refractivity contribution >= 4 is 15.9 Å². The summed E-state index contributed by atoms with van der Waals surface area (Å²) in [4.78, 5) is 17.3. The predicted molar refractivity (Wildman–Crippen MR) is 119 cm³/mol. The van der Waals surface area contributed by atoms with Crippen LogP contribution in [0.25, 0.3) is 0 Å². The lowest BCUT2D eigenvalue weighted by Crippen LogP contribution is -2.41. The zero-order chi connectivity index (χ0) is 22.4. The number of carbonyl (C=O) groups is 1. The Hall–Kier alpha value is -1.68. The molecule has 1 aromatic rings. The molecule has 0 radical (unpaired) electrons. The average Bonchev–Trinajstić information content (AvgIpc) is 2.77. The number of benzene rings is 1. The van der Waals surface area contributed by atoms with Crippen molar-refractivity contribution in [1.82, 2.24) is 14.5 Å². The monoisotopic (exact) mass is 453 g/mol. The van der Waals surface area contributed by atoms with Gasteiger partial charge in [-0.15, -0.1) is 0 Å². The third-order valence-corrected chi connectivity index (χ3v) is 7.63. The molecule has 0 atom stereocenters. The molecular formula is C22H35N3O5S. The van der Waals surface area contributed by atoms with E-state index >= 15 is 0 Å². The van der Waals surface area contributed by atoms with Crippen molar-refractivity contribution in [2.75, 3.05) is 53.0 Å². The fourth-order valence-corrected chi connectivity index (χ4v) is 5.64. The Labute approximate surface area is 185 Å². The first-order chi connectivity index (χ1) is 14.8. The second-order valence-corrected chi connectivity index (χ2v) is 10.3. The number of nitrogens with one attached hydrogen (secondary N) is 1. The quantitative estimate of drug-likeness (QED) is 0.647. The van der Waals surface area contributed by atoms with Crippen LogP contribution in [-0.2, 0) is 14.8 Å². The first kappa shape index (κ1) is 24.0. The van der Waals surface area contributed by atoms with Gasteiger partial charge in [-0.05, 0) is 63.8 Å². The summed E-state index contributed by atoms with van der Waals surface area (Å²) < 4.78 is 38.6. The van der Waals surface area contributed by atoms with Gasteiger partial charge in [-0.2, -0.15) is 0 Å². The number of hydrogen-bond acceptors (Lipinski definition) is 6. The summed E-state index contributed by atoms with van der Waals surface area (Å²) in [5, 5.41) is 0. The molecule has 2 heterocycles. The lowest BCUT2D eigenvalue weighted by molar-refractivity contribution is 0.0332. The van der Waals surface area contributed by atoms with Gasteiger partial charge >= 0.3 is 0 Å². The number of rotatable bonds is 8. The van der Waals surface area contributed by atoms with Gasteiger partial charge in [0.15, 0.2) is 0 Å². The first-order valence-electron chi connectivity index (χ1n) is 11.1. The minimum Gasteiger partial charge on any atom is -0.495 e. The van der Waals surface area contributed by atoms with Crippen molar-refractivity contribution in [2.45, 2.75) is 44.0 Å². The van der Waals surface area contributed by atoms with E-state index in [0.29, 0.717) is 24.6 Å². The highest BCUT2D eigenvalue weighted by Crippen LogP contribution is 2.27. The van der Waals surface area contributed by atoms with Gasteiger partial charge in [-0.3, -0.25) is 9.69 Å². The van der Waals surface area contributed by atoms with Gasteiger partial charge in [-0.25, -0.2) is 13.1 Å². The molecule has 2 fully saturated rings. The van der Waals surface area contributed by atoms with E-state index in [1.54, 1.807) is 26.0 Å². The van der Waals surface area contributed by atoms with Crippen LogP contribution < -0.4 is 9.46 Å². The van der Waals surface area contributed by atoms with Crippen molar-refractivity contribution in [3.05, 3.63) is 23.8 Å². The van der Waals surface area contributed by atoms with Gasteiger partial charge in [0.25, 0.3) is 5.91 Å². The molecule has 8 nitrogen and oxygen atoms in total. The Balaban J connectivity index is 1.61. The molecule has 9 heteroatoms. The Morgan fingerprint density at radius 2 is 1.87 bits per heavy atom. The normalized spacial score (nSPS) is 19.0. The van der Waals surface area contributed by atoms with Gasteiger partial charge in [0, 0.05) is 37.8 Å². The number of methoxy groups -OCH3 is 1. The summed E-state index contributed by atoms with van der Waals surface area (Å²) >= 11 is 0. The van der Waals surface area contributed by atoms with Crippen LogP contribution in [0.15, 0.2) is 23.1 Å². The molecule has 0 spiro atoms. The summed E-state index contributed by atoms with van der Waals surface area (Å²) in [6.07, 6.45) is 3.10. The summed E-state index contributed by atoms with van der Waals surface area (Å²) in [5.41, 5.74) is 0.372. The Kier molecular flexibility index (Phi) is 8.32. The third-order valence-electron chi connectivity index (χ3n) is 5.95. The van der Waals surface area contributed by atoms with E-state index in [4.69, 9.17) is 9.47 Å². The van der Waals surface area contributed by atoms with Crippen molar-refractivity contribution < 1.29 is 22.7 Å². The van der Waals surface area contributed by atoms with E-state index < -0.39 is 10.0 Å². The van der Waals surface area contributed by atoms with Crippen LogP contribution >= 0.6 is 0 Å². The Morgan fingerprint density at radius 1 is 1.19 bits per heavy atom. The second-order valence-electron chi connectivity index (χ2n) is 8.62. The fourth-order valence-electron chi connectivity index (χ4n) is 4.19. The molecule has 0 saturated carbocycles. The predicted octanol–water partition coefficient (Wildman–Crippen LogP) is 1.96. The molecule has 0 bridgehead atoms. The second kappa shape index (κ2) is 10.8. The number of amides is 1. The standard InChI is InChI=1S/C22H35N3O5S/c1-17(2)23-31(27,28)21-16-19(4-5-20(21)29-3)22(26)25-10-7-18(8-11-25)6-9-24-12-14-30-15-13-24/h4-5,16-18,23H,6-15H2,1-3H3. The van der Waals surface area contributed by atoms with Crippen LogP contribution in [0, 0.1) is 5.92 Å². The molecule has 2 aliphatic rings. The van der Waals surface area contributed by atoms with Gasteiger partial charge in [0.2, 0.25) is 10.0 Å². The Bertz CT molecular complexity index is 845. The zero-order valence-electron chi connectivity index (χ0n) is 18.8. The number of morpholine rings is 1. The maximum absolute atomic E-state index is 13.1. The SMILES string of the molecule is COc1ccc(C(=O)N2CCC(CCN3CCOCC3)CC2)cc1S(=O)(=O)NC(C)C. The highest BCUT2D eigenvalue weighted by atomic mass is 32.2. The molecule has 2 aliphatic heterocycles. The Morgan fingerprint density at radius 3 is 2.48 bits per heavy atom. The minimum atomic E-state index is -3.78. The smallest absolute Gasteiger partial charge is 0.253 e. The maximum Gasteiger partial charge on any atom is 0.253 e. The summed E-state index contributed by atoms with van der Waals surface area (Å²) in [6, 6.07) is 4.36. The van der Waals surface area contributed by atoms with Crippen LogP contribution in [0.2, 0.25) is 0 Å². The lowest BCUT2D eigenvalue weighted by atomic mass is 9.93. The van der Waals surface area contributed by atoms with Crippen LogP contribution in [0.3, 0.4) is 0 Å². The average molecular weight is 454 g/mol. The van der Waals surface area contributed by atoms with Crippen LogP contribution in [0.4, 0.5) is 0 Å². The van der Waals surface area contributed by atoms with Crippen LogP contribution in [0.5, 0.6) is 5.75 Å². The largest absolute Gasteiger partial charge is 0.495 e. The molecule has 31 heavy (non-hydrogen) atoms. The number of piperidine rings is 1. The van der Waals surface area contributed by atoms with E-state index in [1.165, 1.54) is 13.2 Å². The van der Waals surface area contributed by atoms with Crippen LogP contribution in [0.1, 0.15) is 43.5 Å². The molecule has 1 aromatic carbocycles. The molecule has 1 N–H and O–H groups in total. The molecule has 0 unspecified atom stereocenters. The van der Waals surface area contributed by atoms with Crippen molar-refractivity contribution in [2.24, 2.45) is 5.92 Å². The molecule has 0 aromatic heterocycles. The van der Waals surface area contributed by atoms with E-state index in [9.17, 15) is 13.2 Å². The van der Waals surface area contributed by atoms with Gasteiger partial charge in [0.05, 0.1) is 20.3 Å². The number of sulfonamides is 1. The van der Waals surface area contributed by atoms with Crippen molar-refractivity contribution in [3.8, 4) is 5.75 Å².